The SMILES string of the molecule is C=C[C@H](NC(=O)[C@@H](NC(=O)CCN1C(=O)C=CC1=O)C(C)C)C(=O)Nc1ccc(COC(=O)NCCNC(=O)CN)cc1. The number of nitrogens with zero attached hydrogens (tertiary/aromatic N) is 1. The maximum absolute atomic E-state index is 13.0. The summed E-state index contributed by atoms with van der Waals surface area (Å²) < 4.78 is 5.10. The fourth-order valence-corrected chi connectivity index (χ4v) is 3.66. The van der Waals surface area contributed by atoms with Crippen molar-refractivity contribution in [3.8, 4) is 0 Å². The van der Waals surface area contributed by atoms with Crippen LogP contribution in [-0.2, 0) is 40.1 Å². The third-order valence-electron chi connectivity index (χ3n) is 6.04. The highest BCUT2D eigenvalue weighted by Gasteiger charge is 2.29. The lowest BCUT2D eigenvalue weighted by atomic mass is 10.0. The number of nitrogens with one attached hydrogen (secondary N) is 5. The summed E-state index contributed by atoms with van der Waals surface area (Å²) in [7, 11) is 0. The van der Waals surface area contributed by atoms with E-state index < -0.39 is 47.7 Å². The highest BCUT2D eigenvalue weighted by atomic mass is 16.5. The largest absolute Gasteiger partial charge is 0.445 e. The van der Waals surface area contributed by atoms with Crippen molar-refractivity contribution in [1.29, 1.82) is 0 Å². The second-order valence-electron chi connectivity index (χ2n) is 9.67. The zero-order valence-corrected chi connectivity index (χ0v) is 24.0. The first-order chi connectivity index (χ1) is 20.4. The van der Waals surface area contributed by atoms with Gasteiger partial charge in [-0.1, -0.05) is 32.1 Å². The number of benzene rings is 1. The Kier molecular flexibility index (Phi) is 13.5. The Morgan fingerprint density at radius 3 is 2.14 bits per heavy atom. The quantitative estimate of drug-likeness (QED) is 0.0783. The van der Waals surface area contributed by atoms with Crippen LogP contribution in [0.3, 0.4) is 0 Å². The molecule has 232 valence electrons. The molecular weight excluding hydrogens is 562 g/mol. The molecule has 43 heavy (non-hydrogen) atoms. The minimum absolute atomic E-state index is 0.0373. The van der Waals surface area contributed by atoms with Gasteiger partial charge in [0.2, 0.25) is 17.7 Å². The first kappa shape index (κ1) is 34.2. The lowest BCUT2D eigenvalue weighted by Gasteiger charge is -2.24. The van der Waals surface area contributed by atoms with Gasteiger partial charge < -0.3 is 37.1 Å². The minimum Gasteiger partial charge on any atom is -0.445 e. The number of hydrogen-bond acceptors (Lipinski definition) is 9. The number of alkyl carbamates (subject to hydrolysis) is 1. The predicted octanol–water partition coefficient (Wildman–Crippen LogP) is -0.947. The molecule has 0 aliphatic carbocycles. The molecule has 0 saturated heterocycles. The molecule has 1 aromatic rings. The number of carbonyl (C=O) groups is 7. The molecule has 15 nitrogen and oxygen atoms in total. The highest BCUT2D eigenvalue weighted by molar-refractivity contribution is 6.13. The van der Waals surface area contributed by atoms with Gasteiger partial charge in [0.05, 0.1) is 6.54 Å². The number of ether oxygens (including phenoxy) is 1. The smallest absolute Gasteiger partial charge is 0.407 e. The Bertz CT molecular complexity index is 1230. The third kappa shape index (κ3) is 11.4. The number of hydrogen-bond donors (Lipinski definition) is 6. The molecule has 1 aromatic carbocycles. The molecule has 0 fully saturated rings. The molecule has 15 heteroatoms. The lowest BCUT2D eigenvalue weighted by Crippen LogP contribution is -2.54. The second kappa shape index (κ2) is 17.0. The van der Waals surface area contributed by atoms with E-state index in [-0.39, 0.29) is 51.0 Å². The van der Waals surface area contributed by atoms with E-state index in [9.17, 15) is 33.6 Å². The Morgan fingerprint density at radius 1 is 0.930 bits per heavy atom. The Hall–Kier alpha value is -5.05. The van der Waals surface area contributed by atoms with Crippen LogP contribution in [0.25, 0.3) is 0 Å². The second-order valence-corrected chi connectivity index (χ2v) is 9.67. The summed E-state index contributed by atoms with van der Waals surface area (Å²) in [5, 5.41) is 12.8. The van der Waals surface area contributed by atoms with Crippen molar-refractivity contribution in [2.24, 2.45) is 11.7 Å². The molecule has 0 aromatic heterocycles. The standard InChI is InChI=1S/C28H37N7O8/c1-4-20(33-27(41)25(17(2)3)34-21(36)11-14-35-23(38)9-10-24(35)39)26(40)32-19-7-5-18(6-8-19)16-43-28(42)31-13-12-30-22(37)15-29/h4-10,17,20,25H,1,11-16,29H2,2-3H3,(H,30,37)(H,31,42)(H,32,40)(H,33,41)(H,34,36)/t20-,25-/m0/s1. The van der Waals surface area contributed by atoms with Gasteiger partial charge in [-0.15, -0.1) is 6.58 Å². The average molecular weight is 600 g/mol. The minimum atomic E-state index is -1.13. The fraction of sp³-hybridized carbons (Fsp3) is 0.393. The van der Waals surface area contributed by atoms with E-state index in [2.05, 4.69) is 33.2 Å². The zero-order chi connectivity index (χ0) is 31.9. The zero-order valence-electron chi connectivity index (χ0n) is 24.0. The van der Waals surface area contributed by atoms with Crippen LogP contribution in [0.4, 0.5) is 10.5 Å². The molecule has 2 atom stereocenters. The molecule has 7 N–H and O–H groups in total. The number of rotatable bonds is 16. The van der Waals surface area contributed by atoms with Crippen molar-refractivity contribution in [2.75, 3.05) is 31.5 Å². The van der Waals surface area contributed by atoms with Crippen LogP contribution in [0.1, 0.15) is 25.8 Å². The summed E-state index contributed by atoms with van der Waals surface area (Å²) in [6.07, 6.45) is 2.61. The topological polar surface area (TPSA) is 218 Å². The monoisotopic (exact) mass is 599 g/mol. The fourth-order valence-electron chi connectivity index (χ4n) is 3.66. The van der Waals surface area contributed by atoms with E-state index in [1.54, 1.807) is 38.1 Å². The number of amides is 7. The van der Waals surface area contributed by atoms with Crippen LogP contribution in [0.5, 0.6) is 0 Å². The molecule has 1 aliphatic heterocycles. The van der Waals surface area contributed by atoms with E-state index in [0.717, 1.165) is 17.1 Å². The molecule has 0 unspecified atom stereocenters. The first-order valence-corrected chi connectivity index (χ1v) is 13.5. The summed E-state index contributed by atoms with van der Waals surface area (Å²) in [5.74, 6) is -3.45. The van der Waals surface area contributed by atoms with Crippen molar-refractivity contribution in [3.63, 3.8) is 0 Å². The Labute approximate surface area is 248 Å². The van der Waals surface area contributed by atoms with E-state index in [0.29, 0.717) is 11.3 Å². The summed E-state index contributed by atoms with van der Waals surface area (Å²) >= 11 is 0. The lowest BCUT2D eigenvalue weighted by molar-refractivity contribution is -0.137. The third-order valence-corrected chi connectivity index (χ3v) is 6.04. The van der Waals surface area contributed by atoms with Crippen LogP contribution >= 0.6 is 0 Å². The van der Waals surface area contributed by atoms with Gasteiger partial charge in [-0.25, -0.2) is 4.79 Å². The van der Waals surface area contributed by atoms with E-state index in [1.165, 1.54) is 6.08 Å². The van der Waals surface area contributed by atoms with Crippen LogP contribution in [0.15, 0.2) is 49.1 Å². The number of anilines is 1. The van der Waals surface area contributed by atoms with E-state index in [1.807, 2.05) is 0 Å². The summed E-state index contributed by atoms with van der Waals surface area (Å²) in [6.45, 7) is 7.10. The summed E-state index contributed by atoms with van der Waals surface area (Å²) in [4.78, 5) is 85.3. The maximum Gasteiger partial charge on any atom is 0.407 e. The predicted molar refractivity (Wildman–Crippen MR) is 155 cm³/mol. The van der Waals surface area contributed by atoms with Crippen molar-refractivity contribution < 1.29 is 38.3 Å². The van der Waals surface area contributed by atoms with Gasteiger partial charge in [0.1, 0.15) is 18.7 Å². The highest BCUT2D eigenvalue weighted by Crippen LogP contribution is 2.12. The number of carbonyl (C=O) groups excluding carboxylic acids is 7. The van der Waals surface area contributed by atoms with Gasteiger partial charge in [-0.3, -0.25) is 33.7 Å². The van der Waals surface area contributed by atoms with Crippen molar-refractivity contribution in [1.82, 2.24) is 26.2 Å². The first-order valence-electron chi connectivity index (χ1n) is 13.5. The molecular formula is C28H37N7O8. The van der Waals surface area contributed by atoms with Gasteiger partial charge >= 0.3 is 6.09 Å². The number of imide groups is 1. The van der Waals surface area contributed by atoms with Crippen LogP contribution in [0, 0.1) is 5.92 Å². The van der Waals surface area contributed by atoms with Crippen molar-refractivity contribution in [2.45, 2.75) is 39.0 Å². The normalized spacial score (nSPS) is 13.6. The molecule has 1 aliphatic rings. The molecule has 0 bridgehead atoms. The van der Waals surface area contributed by atoms with E-state index in [4.69, 9.17) is 10.5 Å². The average Bonchev–Trinajstić information content (AvgIpc) is 3.30. The molecule has 2 rings (SSSR count). The van der Waals surface area contributed by atoms with Crippen LogP contribution < -0.4 is 32.3 Å². The molecule has 0 spiro atoms. The van der Waals surface area contributed by atoms with Gasteiger partial charge in [0.15, 0.2) is 0 Å². The van der Waals surface area contributed by atoms with Gasteiger partial charge in [0.25, 0.3) is 17.7 Å². The van der Waals surface area contributed by atoms with Gasteiger partial charge in [-0.2, -0.15) is 0 Å². The Morgan fingerprint density at radius 2 is 1.56 bits per heavy atom. The maximum atomic E-state index is 13.0. The van der Waals surface area contributed by atoms with E-state index >= 15 is 0 Å². The Balaban J connectivity index is 1.82. The van der Waals surface area contributed by atoms with Crippen molar-refractivity contribution >= 4 is 47.2 Å². The van der Waals surface area contributed by atoms with Gasteiger partial charge in [0, 0.05) is 43.9 Å². The van der Waals surface area contributed by atoms with Crippen molar-refractivity contribution in [3.05, 3.63) is 54.6 Å². The van der Waals surface area contributed by atoms with Gasteiger partial charge in [-0.05, 0) is 23.6 Å². The molecule has 7 amide bonds. The summed E-state index contributed by atoms with van der Waals surface area (Å²) in [5.41, 5.74) is 6.22. The molecule has 0 radical (unpaired) electrons. The molecule has 1 heterocycles. The number of nitrogens with two attached hydrogens (primary N) is 1. The summed E-state index contributed by atoms with van der Waals surface area (Å²) in [6, 6.07) is 4.32. The molecule has 0 saturated carbocycles. The van der Waals surface area contributed by atoms with Crippen LogP contribution in [0.2, 0.25) is 0 Å². The van der Waals surface area contributed by atoms with Crippen LogP contribution in [-0.4, -0.2) is 84.7 Å².